The molecule has 0 aliphatic heterocycles. The molecule has 0 saturated heterocycles. The Morgan fingerprint density at radius 3 is 2.17 bits per heavy atom. The summed E-state index contributed by atoms with van der Waals surface area (Å²) in [5.74, 6) is 0. The second-order valence-corrected chi connectivity index (χ2v) is 7.14. The number of aromatic nitrogens is 4. The van der Waals surface area contributed by atoms with E-state index in [-0.39, 0.29) is 5.71 Å². The molecule has 4 N–H and O–H groups in total. The molecule has 0 unspecified atom stereocenters. The van der Waals surface area contributed by atoms with Gasteiger partial charge in [-0.25, -0.2) is 9.97 Å². The topological polar surface area (TPSA) is 104 Å². The molecular weight excluding hydrogens is 372 g/mol. The van der Waals surface area contributed by atoms with Gasteiger partial charge in [0.15, 0.2) is 0 Å². The largest absolute Gasteiger partial charge is 0.402 e. The van der Waals surface area contributed by atoms with Crippen LogP contribution >= 0.6 is 0 Å². The highest BCUT2D eigenvalue weighted by molar-refractivity contribution is 6.05. The second-order valence-electron chi connectivity index (χ2n) is 7.14. The van der Waals surface area contributed by atoms with Crippen LogP contribution in [0.5, 0.6) is 0 Å². The molecule has 1 aromatic carbocycles. The first-order valence-electron chi connectivity index (χ1n) is 9.59. The number of hydrogen-bond donors (Lipinski definition) is 3. The SMILES string of the molecule is CC(N)=CC(=N)c1cccc(-c2cccc(-c3cccc(-c4cc(C)[nH]n4)n3)c2)n1. The van der Waals surface area contributed by atoms with E-state index in [9.17, 15) is 0 Å². The number of aryl methyl sites for hydroxylation is 1. The fourth-order valence-corrected chi connectivity index (χ4v) is 3.17. The molecule has 3 heterocycles. The minimum absolute atomic E-state index is 0.289. The van der Waals surface area contributed by atoms with Crippen molar-refractivity contribution in [3.63, 3.8) is 0 Å². The third-order valence-corrected chi connectivity index (χ3v) is 4.57. The molecule has 0 fully saturated rings. The molecule has 0 radical (unpaired) electrons. The van der Waals surface area contributed by atoms with Crippen LogP contribution in [0.25, 0.3) is 33.9 Å². The maximum atomic E-state index is 8.17. The average Bonchev–Trinajstić information content (AvgIpc) is 3.20. The van der Waals surface area contributed by atoms with E-state index in [1.807, 2.05) is 67.6 Å². The van der Waals surface area contributed by atoms with Gasteiger partial charge in [0.25, 0.3) is 0 Å². The molecule has 30 heavy (non-hydrogen) atoms. The molecule has 0 saturated carbocycles. The quantitative estimate of drug-likeness (QED) is 0.425. The van der Waals surface area contributed by atoms with Crippen LogP contribution in [0.1, 0.15) is 18.3 Å². The van der Waals surface area contributed by atoms with Crippen molar-refractivity contribution in [1.82, 2.24) is 20.2 Å². The molecule has 148 valence electrons. The van der Waals surface area contributed by atoms with Crippen LogP contribution in [0.2, 0.25) is 0 Å². The van der Waals surface area contributed by atoms with Crippen LogP contribution in [0.4, 0.5) is 0 Å². The molecule has 3 aromatic heterocycles. The minimum atomic E-state index is 0.289. The number of aromatic amines is 1. The molecule has 4 rings (SSSR count). The first-order valence-corrected chi connectivity index (χ1v) is 9.59. The van der Waals surface area contributed by atoms with Crippen molar-refractivity contribution in [1.29, 1.82) is 5.41 Å². The lowest BCUT2D eigenvalue weighted by atomic mass is 10.0. The molecule has 0 amide bonds. The van der Waals surface area contributed by atoms with Crippen molar-refractivity contribution in [2.75, 3.05) is 0 Å². The van der Waals surface area contributed by atoms with E-state index in [1.54, 1.807) is 13.0 Å². The molecule has 6 nitrogen and oxygen atoms in total. The number of H-pyrrole nitrogens is 1. The number of nitrogens with two attached hydrogens (primary N) is 1. The first-order chi connectivity index (χ1) is 14.5. The van der Waals surface area contributed by atoms with Gasteiger partial charge in [0.2, 0.25) is 0 Å². The summed E-state index contributed by atoms with van der Waals surface area (Å²) < 4.78 is 0. The van der Waals surface area contributed by atoms with Gasteiger partial charge in [0, 0.05) is 22.5 Å². The van der Waals surface area contributed by atoms with E-state index in [2.05, 4.69) is 21.2 Å². The van der Waals surface area contributed by atoms with Gasteiger partial charge in [-0.05, 0) is 56.3 Å². The summed E-state index contributed by atoms with van der Waals surface area (Å²) in [6, 6.07) is 21.6. The maximum Gasteiger partial charge on any atom is 0.111 e. The number of nitrogens with zero attached hydrogens (tertiary/aromatic N) is 3. The second kappa shape index (κ2) is 8.13. The first kappa shape index (κ1) is 19.3. The van der Waals surface area contributed by atoms with Crippen LogP contribution in [0.3, 0.4) is 0 Å². The molecule has 6 heteroatoms. The number of benzene rings is 1. The lowest BCUT2D eigenvalue weighted by Crippen LogP contribution is -2.03. The lowest BCUT2D eigenvalue weighted by Gasteiger charge is -2.08. The van der Waals surface area contributed by atoms with Crippen molar-refractivity contribution in [3.8, 4) is 33.9 Å². The van der Waals surface area contributed by atoms with Gasteiger partial charge in [-0.1, -0.05) is 30.3 Å². The molecule has 0 spiro atoms. The molecule has 4 aromatic rings. The lowest BCUT2D eigenvalue weighted by molar-refractivity contribution is 1.05. The molecular formula is C24H22N6. The zero-order valence-corrected chi connectivity index (χ0v) is 16.8. The molecule has 0 aliphatic rings. The normalized spacial score (nSPS) is 11.5. The van der Waals surface area contributed by atoms with Crippen molar-refractivity contribution in [2.24, 2.45) is 5.73 Å². The Balaban J connectivity index is 1.69. The number of allylic oxidation sites excluding steroid dienone is 2. The predicted molar refractivity (Wildman–Crippen MR) is 120 cm³/mol. The van der Waals surface area contributed by atoms with E-state index < -0.39 is 0 Å². The average molecular weight is 394 g/mol. The smallest absolute Gasteiger partial charge is 0.111 e. The summed E-state index contributed by atoms with van der Waals surface area (Å²) in [4.78, 5) is 9.42. The van der Waals surface area contributed by atoms with Crippen molar-refractivity contribution in [2.45, 2.75) is 13.8 Å². The Morgan fingerprint density at radius 2 is 1.50 bits per heavy atom. The highest BCUT2D eigenvalue weighted by Gasteiger charge is 2.09. The third-order valence-electron chi connectivity index (χ3n) is 4.57. The number of hydrogen-bond acceptors (Lipinski definition) is 5. The van der Waals surface area contributed by atoms with Crippen LogP contribution in [-0.4, -0.2) is 25.9 Å². The Hall–Kier alpha value is -4.06. The Labute approximate surface area is 175 Å². The van der Waals surface area contributed by atoms with E-state index in [4.69, 9.17) is 16.1 Å². The summed E-state index contributed by atoms with van der Waals surface area (Å²) in [6.07, 6.45) is 1.61. The summed E-state index contributed by atoms with van der Waals surface area (Å²) in [6.45, 7) is 3.72. The Bertz CT molecular complexity index is 1250. The van der Waals surface area contributed by atoms with Gasteiger partial charge in [-0.15, -0.1) is 0 Å². The minimum Gasteiger partial charge on any atom is -0.402 e. The van der Waals surface area contributed by atoms with Gasteiger partial charge in [0.1, 0.15) is 5.69 Å². The number of pyridine rings is 2. The van der Waals surface area contributed by atoms with E-state index in [0.29, 0.717) is 11.4 Å². The summed E-state index contributed by atoms with van der Waals surface area (Å²) in [7, 11) is 0. The van der Waals surface area contributed by atoms with Crippen molar-refractivity contribution >= 4 is 5.71 Å². The zero-order valence-electron chi connectivity index (χ0n) is 16.8. The van der Waals surface area contributed by atoms with Crippen LogP contribution in [-0.2, 0) is 0 Å². The van der Waals surface area contributed by atoms with E-state index >= 15 is 0 Å². The van der Waals surface area contributed by atoms with Crippen molar-refractivity contribution < 1.29 is 0 Å². The van der Waals surface area contributed by atoms with Gasteiger partial charge >= 0.3 is 0 Å². The highest BCUT2D eigenvalue weighted by Crippen LogP contribution is 2.26. The number of rotatable bonds is 5. The molecule has 0 atom stereocenters. The summed E-state index contributed by atoms with van der Waals surface area (Å²) >= 11 is 0. The van der Waals surface area contributed by atoms with Crippen LogP contribution < -0.4 is 5.73 Å². The monoisotopic (exact) mass is 394 g/mol. The summed E-state index contributed by atoms with van der Waals surface area (Å²) in [5, 5.41) is 15.4. The zero-order chi connectivity index (χ0) is 21.1. The Morgan fingerprint density at radius 1 is 0.867 bits per heavy atom. The predicted octanol–water partition coefficient (Wildman–Crippen LogP) is 4.74. The maximum absolute atomic E-state index is 8.17. The number of nitrogens with one attached hydrogen (secondary N) is 2. The fourth-order valence-electron chi connectivity index (χ4n) is 3.17. The van der Waals surface area contributed by atoms with Gasteiger partial charge < -0.3 is 5.73 Å². The van der Waals surface area contributed by atoms with Gasteiger partial charge in [0.05, 0.1) is 28.5 Å². The molecule has 0 bridgehead atoms. The highest BCUT2D eigenvalue weighted by atomic mass is 15.1. The standard InChI is InChI=1S/C24H22N6/c1-15(25)12-19(26)22-10-4-8-20(27-22)17-6-3-7-18(14-17)21-9-5-11-23(28-21)24-13-16(2)29-30-24/h3-14,26H,25H2,1-2H3,(H,29,30). The molecule has 0 aliphatic carbocycles. The van der Waals surface area contributed by atoms with Gasteiger partial charge in [-0.2, -0.15) is 5.10 Å². The summed E-state index contributed by atoms with van der Waals surface area (Å²) in [5.41, 5.74) is 13.4. The fraction of sp³-hybridized carbons (Fsp3) is 0.0833. The third kappa shape index (κ3) is 4.17. The van der Waals surface area contributed by atoms with Crippen LogP contribution in [0, 0.1) is 12.3 Å². The van der Waals surface area contributed by atoms with Crippen LogP contribution in [0.15, 0.2) is 78.5 Å². The van der Waals surface area contributed by atoms with Gasteiger partial charge in [-0.3, -0.25) is 10.5 Å². The Kier molecular flexibility index (Phi) is 5.22. The van der Waals surface area contributed by atoms with E-state index in [1.165, 1.54) is 0 Å². The van der Waals surface area contributed by atoms with Crippen molar-refractivity contribution in [3.05, 3.63) is 89.9 Å². The van der Waals surface area contributed by atoms with E-state index in [0.717, 1.165) is 39.6 Å².